The second kappa shape index (κ2) is 7.11. The molecule has 0 radical (unpaired) electrons. The lowest BCUT2D eigenvalue weighted by atomic mass is 10.1. The molecule has 0 saturated carbocycles. The van der Waals surface area contributed by atoms with Crippen LogP contribution in [0, 0.1) is 5.82 Å². The van der Waals surface area contributed by atoms with Gasteiger partial charge in [-0.25, -0.2) is 14.2 Å². The standard InChI is InChI=1S/C18H19ClFN3O2/c1-18(2,3)23(16(24)14-6-4-5-7-15(14)20)22(17(21)25)13-10-8-12(19)9-11-13/h4-11H,1-3H3,(H2,21,25). The van der Waals surface area contributed by atoms with Gasteiger partial charge in [-0.3, -0.25) is 4.79 Å². The molecule has 132 valence electrons. The molecule has 2 N–H and O–H groups in total. The summed E-state index contributed by atoms with van der Waals surface area (Å²) in [6, 6.07) is 11.0. The van der Waals surface area contributed by atoms with Crippen LogP contribution in [0.4, 0.5) is 14.9 Å². The van der Waals surface area contributed by atoms with Gasteiger partial charge in [0.25, 0.3) is 5.91 Å². The lowest BCUT2D eigenvalue weighted by Gasteiger charge is -2.42. The number of hydrogen-bond acceptors (Lipinski definition) is 2. The molecule has 2 aromatic carbocycles. The Labute approximate surface area is 150 Å². The van der Waals surface area contributed by atoms with Crippen LogP contribution in [0.15, 0.2) is 48.5 Å². The van der Waals surface area contributed by atoms with Crippen molar-refractivity contribution in [2.45, 2.75) is 26.3 Å². The molecule has 0 bridgehead atoms. The number of halogens is 2. The number of nitrogens with two attached hydrogens (primary N) is 1. The maximum absolute atomic E-state index is 14.1. The Balaban J connectivity index is 2.58. The number of urea groups is 1. The van der Waals surface area contributed by atoms with Crippen LogP contribution in [0.3, 0.4) is 0 Å². The van der Waals surface area contributed by atoms with Crippen molar-refractivity contribution in [1.82, 2.24) is 5.01 Å². The first-order chi connectivity index (χ1) is 11.6. The van der Waals surface area contributed by atoms with Gasteiger partial charge in [-0.1, -0.05) is 23.7 Å². The largest absolute Gasteiger partial charge is 0.350 e. The number of nitrogens with zero attached hydrogens (tertiary/aromatic N) is 2. The number of hydrazine groups is 1. The third kappa shape index (κ3) is 4.09. The molecule has 0 heterocycles. The third-order valence-electron chi connectivity index (χ3n) is 3.41. The topological polar surface area (TPSA) is 66.6 Å². The molecular formula is C18H19ClFN3O2. The van der Waals surface area contributed by atoms with Crippen molar-refractivity contribution in [3.63, 3.8) is 0 Å². The molecule has 2 rings (SSSR count). The number of amides is 3. The predicted molar refractivity (Wildman–Crippen MR) is 95.8 cm³/mol. The smallest absolute Gasteiger partial charge is 0.338 e. The van der Waals surface area contributed by atoms with E-state index >= 15 is 0 Å². The van der Waals surface area contributed by atoms with Crippen LogP contribution >= 0.6 is 11.6 Å². The van der Waals surface area contributed by atoms with Crippen molar-refractivity contribution in [2.24, 2.45) is 5.73 Å². The second-order valence-electron chi connectivity index (χ2n) is 6.39. The normalized spacial score (nSPS) is 11.1. The first-order valence-corrected chi connectivity index (χ1v) is 7.95. The first kappa shape index (κ1) is 18.7. The summed E-state index contributed by atoms with van der Waals surface area (Å²) < 4.78 is 14.1. The van der Waals surface area contributed by atoms with Gasteiger partial charge < -0.3 is 5.73 Å². The molecule has 5 nitrogen and oxygen atoms in total. The van der Waals surface area contributed by atoms with E-state index in [4.69, 9.17) is 17.3 Å². The minimum atomic E-state index is -0.873. The average molecular weight is 364 g/mol. The molecule has 7 heteroatoms. The molecule has 0 atom stereocenters. The maximum Gasteiger partial charge on any atom is 0.338 e. The summed E-state index contributed by atoms with van der Waals surface area (Å²) in [5, 5.41) is 2.62. The monoisotopic (exact) mass is 363 g/mol. The van der Waals surface area contributed by atoms with E-state index in [9.17, 15) is 14.0 Å². The zero-order valence-electron chi connectivity index (χ0n) is 14.2. The molecular weight excluding hydrogens is 345 g/mol. The Morgan fingerprint density at radius 1 is 1.04 bits per heavy atom. The Hall–Kier alpha value is -2.60. The number of rotatable bonds is 2. The molecule has 0 aliphatic carbocycles. The van der Waals surface area contributed by atoms with Gasteiger partial charge in [-0.15, -0.1) is 0 Å². The zero-order chi connectivity index (χ0) is 18.8. The molecule has 2 aromatic rings. The Morgan fingerprint density at radius 3 is 2.08 bits per heavy atom. The Morgan fingerprint density at radius 2 is 1.60 bits per heavy atom. The molecule has 0 fully saturated rings. The minimum absolute atomic E-state index is 0.155. The number of anilines is 1. The summed E-state index contributed by atoms with van der Waals surface area (Å²) >= 11 is 5.88. The quantitative estimate of drug-likeness (QED) is 0.812. The van der Waals surface area contributed by atoms with E-state index in [1.54, 1.807) is 51.1 Å². The van der Waals surface area contributed by atoms with Crippen molar-refractivity contribution < 1.29 is 14.0 Å². The van der Waals surface area contributed by atoms with Crippen molar-refractivity contribution >= 4 is 29.2 Å². The van der Waals surface area contributed by atoms with Crippen LogP contribution in [0.2, 0.25) is 5.02 Å². The highest BCUT2D eigenvalue weighted by atomic mass is 35.5. The molecule has 0 aliphatic heterocycles. The zero-order valence-corrected chi connectivity index (χ0v) is 14.9. The van der Waals surface area contributed by atoms with Gasteiger partial charge in [0.1, 0.15) is 5.82 Å². The maximum atomic E-state index is 14.1. The van der Waals surface area contributed by atoms with E-state index < -0.39 is 23.3 Å². The first-order valence-electron chi connectivity index (χ1n) is 7.57. The number of benzene rings is 2. The second-order valence-corrected chi connectivity index (χ2v) is 6.83. The molecule has 3 amide bonds. The van der Waals surface area contributed by atoms with Crippen molar-refractivity contribution in [1.29, 1.82) is 0 Å². The lowest BCUT2D eigenvalue weighted by molar-refractivity contribution is 0.0564. The summed E-state index contributed by atoms with van der Waals surface area (Å²) in [4.78, 5) is 25.1. The van der Waals surface area contributed by atoms with E-state index in [2.05, 4.69) is 0 Å². The third-order valence-corrected chi connectivity index (χ3v) is 3.66. The fourth-order valence-electron chi connectivity index (χ4n) is 2.37. The van der Waals surface area contributed by atoms with Crippen LogP contribution in [0.1, 0.15) is 31.1 Å². The number of hydrogen-bond donors (Lipinski definition) is 1. The highest BCUT2D eigenvalue weighted by Gasteiger charge is 2.36. The number of carbonyl (C=O) groups is 2. The van der Waals surface area contributed by atoms with Crippen molar-refractivity contribution in [2.75, 3.05) is 5.01 Å². The van der Waals surface area contributed by atoms with E-state index in [0.29, 0.717) is 10.7 Å². The molecule has 0 aliphatic rings. The summed E-state index contributed by atoms with van der Waals surface area (Å²) in [7, 11) is 0. The van der Waals surface area contributed by atoms with Gasteiger partial charge in [0, 0.05) is 5.02 Å². The SMILES string of the molecule is CC(C)(C)N(C(=O)c1ccccc1F)N(C(N)=O)c1ccc(Cl)cc1. The molecule has 0 saturated heterocycles. The average Bonchev–Trinajstić information content (AvgIpc) is 2.52. The highest BCUT2D eigenvalue weighted by molar-refractivity contribution is 6.30. The van der Waals surface area contributed by atoms with Crippen LogP contribution < -0.4 is 10.7 Å². The summed E-state index contributed by atoms with van der Waals surface area (Å²) in [5.41, 5.74) is 4.86. The van der Waals surface area contributed by atoms with Crippen LogP contribution in [-0.2, 0) is 0 Å². The van der Waals surface area contributed by atoms with Crippen LogP contribution in [0.25, 0.3) is 0 Å². The highest BCUT2D eigenvalue weighted by Crippen LogP contribution is 2.27. The summed E-state index contributed by atoms with van der Waals surface area (Å²) in [5.74, 6) is -1.36. The lowest BCUT2D eigenvalue weighted by Crippen LogP contribution is -2.60. The van der Waals surface area contributed by atoms with E-state index in [1.807, 2.05) is 0 Å². The summed E-state index contributed by atoms with van der Waals surface area (Å²) in [6.07, 6.45) is 0. The number of primary amides is 1. The predicted octanol–water partition coefficient (Wildman–Crippen LogP) is 4.22. The van der Waals surface area contributed by atoms with Gasteiger partial charge in [-0.2, -0.15) is 5.01 Å². The molecule has 0 spiro atoms. The van der Waals surface area contributed by atoms with E-state index in [0.717, 1.165) is 10.0 Å². The summed E-state index contributed by atoms with van der Waals surface area (Å²) in [6.45, 7) is 5.16. The molecule has 0 aromatic heterocycles. The minimum Gasteiger partial charge on any atom is -0.350 e. The van der Waals surface area contributed by atoms with E-state index in [-0.39, 0.29) is 5.56 Å². The molecule has 25 heavy (non-hydrogen) atoms. The van der Waals surface area contributed by atoms with Crippen molar-refractivity contribution in [3.8, 4) is 0 Å². The van der Waals surface area contributed by atoms with E-state index in [1.165, 1.54) is 18.2 Å². The fraction of sp³-hybridized carbons (Fsp3) is 0.222. The Kier molecular flexibility index (Phi) is 5.33. The van der Waals surface area contributed by atoms with Crippen molar-refractivity contribution in [3.05, 3.63) is 64.9 Å². The van der Waals surface area contributed by atoms with Gasteiger partial charge in [0.15, 0.2) is 0 Å². The van der Waals surface area contributed by atoms with Gasteiger partial charge in [0.05, 0.1) is 16.8 Å². The van der Waals surface area contributed by atoms with Crippen LogP contribution in [0.5, 0.6) is 0 Å². The fourth-order valence-corrected chi connectivity index (χ4v) is 2.49. The Bertz CT molecular complexity index is 788. The number of carbonyl (C=O) groups excluding carboxylic acids is 2. The van der Waals surface area contributed by atoms with Gasteiger partial charge in [-0.05, 0) is 57.2 Å². The van der Waals surface area contributed by atoms with Crippen LogP contribution in [-0.4, -0.2) is 22.5 Å². The van der Waals surface area contributed by atoms with Gasteiger partial charge in [0.2, 0.25) is 0 Å². The van der Waals surface area contributed by atoms with Gasteiger partial charge >= 0.3 is 6.03 Å². The molecule has 0 unspecified atom stereocenters.